The second kappa shape index (κ2) is 5.89. The lowest BCUT2D eigenvalue weighted by Crippen LogP contribution is -2.49. The molecule has 8 heteroatoms. The number of carbonyl (C=O) groups is 1. The Balaban J connectivity index is 2.22. The third-order valence-corrected chi connectivity index (χ3v) is 5.81. The van der Waals surface area contributed by atoms with Crippen LogP contribution in [0.5, 0.6) is 0 Å². The Hall–Kier alpha value is -0.820. The Kier molecular flexibility index (Phi) is 4.59. The number of amides is 1. The van der Waals surface area contributed by atoms with E-state index in [2.05, 4.69) is 0 Å². The van der Waals surface area contributed by atoms with Crippen LogP contribution in [-0.2, 0) is 14.8 Å². The zero-order valence-electron chi connectivity index (χ0n) is 10.8. The molecule has 0 atom stereocenters. The van der Waals surface area contributed by atoms with Gasteiger partial charge in [-0.25, -0.2) is 8.42 Å². The summed E-state index contributed by atoms with van der Waals surface area (Å²) in [5, 5.41) is 0.488. The first-order valence-electron chi connectivity index (χ1n) is 6.03. The summed E-state index contributed by atoms with van der Waals surface area (Å²) in [4.78, 5) is 12.9. The molecule has 1 aliphatic rings. The van der Waals surface area contributed by atoms with Gasteiger partial charge in [-0.3, -0.25) is 4.79 Å². The minimum atomic E-state index is -3.65. The van der Waals surface area contributed by atoms with E-state index < -0.39 is 10.0 Å². The summed E-state index contributed by atoms with van der Waals surface area (Å²) < 4.78 is 26.3. The average Bonchev–Trinajstić information content (AvgIpc) is 2.38. The van der Waals surface area contributed by atoms with E-state index in [1.165, 1.54) is 29.4 Å². The van der Waals surface area contributed by atoms with E-state index in [1.807, 2.05) is 0 Å². The lowest BCUT2D eigenvalue weighted by molar-refractivity contribution is -0.129. The molecular weight excluding hydrogens is 323 g/mol. The van der Waals surface area contributed by atoms with Crippen molar-refractivity contribution in [2.24, 2.45) is 0 Å². The van der Waals surface area contributed by atoms with Crippen molar-refractivity contribution in [1.82, 2.24) is 9.21 Å². The first-order valence-corrected chi connectivity index (χ1v) is 8.22. The molecule has 1 aromatic rings. The molecule has 0 aromatic heterocycles. The average molecular weight is 337 g/mol. The summed E-state index contributed by atoms with van der Waals surface area (Å²) in [6, 6.07) is 4.30. The van der Waals surface area contributed by atoms with Gasteiger partial charge in [-0.2, -0.15) is 4.31 Å². The van der Waals surface area contributed by atoms with Crippen LogP contribution in [0, 0.1) is 0 Å². The maximum atomic E-state index is 12.5. The molecule has 110 valence electrons. The summed E-state index contributed by atoms with van der Waals surface area (Å²) in [6.07, 6.45) is 0. The standard InChI is InChI=1S/C12H14Cl2N2O3S/c1-9(17)15-4-6-16(7-5-15)20(18,19)12-3-2-10(13)8-11(12)14/h2-3,8H,4-7H2,1H3. The van der Waals surface area contributed by atoms with Crippen LogP contribution in [-0.4, -0.2) is 49.7 Å². The number of carbonyl (C=O) groups excluding carboxylic acids is 1. The monoisotopic (exact) mass is 336 g/mol. The predicted octanol–water partition coefficient (Wildman–Crippen LogP) is 1.85. The van der Waals surface area contributed by atoms with Crippen molar-refractivity contribution in [3.8, 4) is 0 Å². The lowest BCUT2D eigenvalue weighted by atomic mass is 10.3. The molecule has 1 fully saturated rings. The Morgan fingerprint density at radius 3 is 2.25 bits per heavy atom. The largest absolute Gasteiger partial charge is 0.340 e. The van der Waals surface area contributed by atoms with Crippen LogP contribution >= 0.6 is 23.2 Å². The van der Waals surface area contributed by atoms with Crippen molar-refractivity contribution in [3.05, 3.63) is 28.2 Å². The van der Waals surface area contributed by atoms with Crippen molar-refractivity contribution >= 4 is 39.1 Å². The number of hydrogen-bond acceptors (Lipinski definition) is 3. The molecule has 0 bridgehead atoms. The molecule has 1 saturated heterocycles. The first kappa shape index (κ1) is 15.6. The number of rotatable bonds is 2. The molecule has 1 heterocycles. The van der Waals surface area contributed by atoms with E-state index in [1.54, 1.807) is 4.90 Å². The van der Waals surface area contributed by atoms with E-state index >= 15 is 0 Å². The van der Waals surface area contributed by atoms with Crippen LogP contribution in [0.25, 0.3) is 0 Å². The summed E-state index contributed by atoms with van der Waals surface area (Å²) in [6.45, 7) is 2.78. The van der Waals surface area contributed by atoms with Crippen molar-refractivity contribution in [2.75, 3.05) is 26.2 Å². The molecule has 20 heavy (non-hydrogen) atoms. The number of halogens is 2. The van der Waals surface area contributed by atoms with Gasteiger partial charge in [0.2, 0.25) is 15.9 Å². The minimum absolute atomic E-state index is 0.0415. The lowest BCUT2D eigenvalue weighted by Gasteiger charge is -2.33. The number of nitrogens with zero attached hydrogens (tertiary/aromatic N) is 2. The number of sulfonamides is 1. The summed E-state index contributed by atoms with van der Waals surface area (Å²) >= 11 is 11.7. The Morgan fingerprint density at radius 2 is 1.75 bits per heavy atom. The molecule has 1 aromatic carbocycles. The molecule has 1 amide bonds. The molecular formula is C12H14Cl2N2O3S. The fourth-order valence-electron chi connectivity index (χ4n) is 2.07. The Morgan fingerprint density at radius 1 is 1.15 bits per heavy atom. The molecule has 0 spiro atoms. The molecule has 1 aliphatic heterocycles. The normalized spacial score (nSPS) is 17.2. The first-order chi connectivity index (χ1) is 9.32. The number of benzene rings is 1. The van der Waals surface area contributed by atoms with Crippen LogP contribution in [0.3, 0.4) is 0 Å². The van der Waals surface area contributed by atoms with Gasteiger partial charge in [0.15, 0.2) is 0 Å². The van der Waals surface area contributed by atoms with E-state index in [4.69, 9.17) is 23.2 Å². The van der Waals surface area contributed by atoms with Gasteiger partial charge in [-0.15, -0.1) is 0 Å². The van der Waals surface area contributed by atoms with Crippen LogP contribution in [0.15, 0.2) is 23.1 Å². The third-order valence-electron chi connectivity index (χ3n) is 3.20. The number of piperazine rings is 1. The highest BCUT2D eigenvalue weighted by Crippen LogP contribution is 2.28. The van der Waals surface area contributed by atoms with Gasteiger partial charge in [0, 0.05) is 38.1 Å². The van der Waals surface area contributed by atoms with Gasteiger partial charge < -0.3 is 4.90 Å². The van der Waals surface area contributed by atoms with Crippen LogP contribution in [0.2, 0.25) is 10.0 Å². The van der Waals surface area contributed by atoms with Gasteiger partial charge in [-0.1, -0.05) is 23.2 Å². The molecule has 2 rings (SSSR count). The van der Waals surface area contributed by atoms with Gasteiger partial charge in [0.1, 0.15) is 4.90 Å². The van der Waals surface area contributed by atoms with E-state index in [-0.39, 0.29) is 28.9 Å². The number of hydrogen-bond donors (Lipinski definition) is 0. The molecule has 0 saturated carbocycles. The zero-order chi connectivity index (χ0) is 14.9. The van der Waals surface area contributed by atoms with Crippen LogP contribution < -0.4 is 0 Å². The highest BCUT2D eigenvalue weighted by atomic mass is 35.5. The predicted molar refractivity (Wildman–Crippen MR) is 77.5 cm³/mol. The molecule has 0 radical (unpaired) electrons. The van der Waals surface area contributed by atoms with Gasteiger partial charge in [-0.05, 0) is 18.2 Å². The Bertz CT molecular complexity index is 626. The smallest absolute Gasteiger partial charge is 0.244 e. The van der Waals surface area contributed by atoms with Gasteiger partial charge in [0.05, 0.1) is 5.02 Å². The highest BCUT2D eigenvalue weighted by molar-refractivity contribution is 7.89. The summed E-state index contributed by atoms with van der Waals surface area (Å²) in [7, 11) is -3.65. The van der Waals surface area contributed by atoms with E-state index in [0.29, 0.717) is 18.1 Å². The zero-order valence-corrected chi connectivity index (χ0v) is 13.2. The van der Waals surface area contributed by atoms with Crippen LogP contribution in [0.4, 0.5) is 0 Å². The van der Waals surface area contributed by atoms with Gasteiger partial charge in [0.25, 0.3) is 0 Å². The van der Waals surface area contributed by atoms with Gasteiger partial charge >= 0.3 is 0 Å². The fraction of sp³-hybridized carbons (Fsp3) is 0.417. The van der Waals surface area contributed by atoms with Crippen molar-refractivity contribution in [3.63, 3.8) is 0 Å². The van der Waals surface area contributed by atoms with Crippen LogP contribution in [0.1, 0.15) is 6.92 Å². The second-order valence-corrected chi connectivity index (χ2v) is 7.23. The molecule has 0 aliphatic carbocycles. The maximum Gasteiger partial charge on any atom is 0.244 e. The van der Waals surface area contributed by atoms with Crippen molar-refractivity contribution in [2.45, 2.75) is 11.8 Å². The molecule has 0 unspecified atom stereocenters. The van der Waals surface area contributed by atoms with E-state index in [0.717, 1.165) is 0 Å². The van der Waals surface area contributed by atoms with Crippen molar-refractivity contribution in [1.29, 1.82) is 0 Å². The fourth-order valence-corrected chi connectivity index (χ4v) is 4.24. The maximum absolute atomic E-state index is 12.5. The minimum Gasteiger partial charge on any atom is -0.340 e. The Labute approximate surface area is 128 Å². The van der Waals surface area contributed by atoms with Crippen molar-refractivity contribution < 1.29 is 13.2 Å². The topological polar surface area (TPSA) is 57.7 Å². The SMILES string of the molecule is CC(=O)N1CCN(S(=O)(=O)c2ccc(Cl)cc2Cl)CC1. The third kappa shape index (κ3) is 3.09. The molecule has 0 N–H and O–H groups in total. The van der Waals surface area contributed by atoms with E-state index in [9.17, 15) is 13.2 Å². The quantitative estimate of drug-likeness (QED) is 0.828. The summed E-state index contributed by atoms with van der Waals surface area (Å²) in [5.41, 5.74) is 0. The summed E-state index contributed by atoms with van der Waals surface area (Å²) in [5.74, 6) is -0.0495. The highest BCUT2D eigenvalue weighted by Gasteiger charge is 2.30. The molecule has 5 nitrogen and oxygen atoms in total. The second-order valence-electron chi connectivity index (χ2n) is 4.48.